The SMILES string of the molecule is O=C(c1ccc(COc2ccccc2)cc1)N1CCN(S(=O)(=O)c2ccc(Cl)s2)CC1. The van der Waals surface area contributed by atoms with Crippen LogP contribution in [0.3, 0.4) is 0 Å². The molecule has 1 aliphatic heterocycles. The minimum atomic E-state index is -3.57. The van der Waals surface area contributed by atoms with Crippen LogP contribution in [0.4, 0.5) is 0 Å². The topological polar surface area (TPSA) is 66.9 Å². The fourth-order valence-electron chi connectivity index (χ4n) is 3.30. The zero-order chi connectivity index (χ0) is 21.8. The summed E-state index contributed by atoms with van der Waals surface area (Å²) in [7, 11) is -3.57. The van der Waals surface area contributed by atoms with Crippen molar-refractivity contribution in [3.8, 4) is 5.75 Å². The van der Waals surface area contributed by atoms with E-state index in [1.165, 1.54) is 10.4 Å². The van der Waals surface area contributed by atoms with E-state index in [9.17, 15) is 13.2 Å². The maximum absolute atomic E-state index is 12.8. The average molecular weight is 477 g/mol. The molecule has 9 heteroatoms. The quantitative estimate of drug-likeness (QED) is 0.536. The molecule has 3 aromatic rings. The number of rotatable bonds is 6. The van der Waals surface area contributed by atoms with Crippen LogP contribution in [0.15, 0.2) is 70.9 Å². The van der Waals surface area contributed by atoms with Crippen molar-refractivity contribution in [1.29, 1.82) is 0 Å². The Hall–Kier alpha value is -2.39. The van der Waals surface area contributed by atoms with E-state index in [-0.39, 0.29) is 23.2 Å². The Labute approximate surface area is 190 Å². The van der Waals surface area contributed by atoms with Crippen molar-refractivity contribution < 1.29 is 17.9 Å². The molecule has 4 rings (SSSR count). The highest BCUT2D eigenvalue weighted by atomic mass is 35.5. The summed E-state index contributed by atoms with van der Waals surface area (Å²) in [4.78, 5) is 14.5. The third kappa shape index (κ3) is 5.10. The first-order valence-corrected chi connectivity index (χ1v) is 12.4. The monoisotopic (exact) mass is 476 g/mol. The van der Waals surface area contributed by atoms with Crippen LogP contribution in [0.1, 0.15) is 15.9 Å². The predicted molar refractivity (Wildman–Crippen MR) is 121 cm³/mol. The van der Waals surface area contributed by atoms with Gasteiger partial charge in [-0.1, -0.05) is 41.9 Å². The molecule has 162 valence electrons. The van der Waals surface area contributed by atoms with Crippen molar-refractivity contribution in [2.75, 3.05) is 26.2 Å². The molecule has 1 aliphatic rings. The number of piperazine rings is 1. The summed E-state index contributed by atoms with van der Waals surface area (Å²) in [5, 5.41) is 0. The Morgan fingerprint density at radius 2 is 1.61 bits per heavy atom. The third-order valence-electron chi connectivity index (χ3n) is 5.02. The smallest absolute Gasteiger partial charge is 0.253 e. The van der Waals surface area contributed by atoms with Gasteiger partial charge in [0, 0.05) is 31.7 Å². The predicted octanol–water partition coefficient (Wildman–Crippen LogP) is 4.13. The first-order chi connectivity index (χ1) is 14.9. The number of benzene rings is 2. The van der Waals surface area contributed by atoms with E-state index in [1.54, 1.807) is 23.1 Å². The Kier molecular flexibility index (Phi) is 6.62. The van der Waals surface area contributed by atoms with E-state index in [2.05, 4.69) is 0 Å². The van der Waals surface area contributed by atoms with Crippen LogP contribution in [0.5, 0.6) is 5.75 Å². The Bertz CT molecular complexity index is 1140. The summed E-state index contributed by atoms with van der Waals surface area (Å²) in [5.41, 5.74) is 1.54. The summed E-state index contributed by atoms with van der Waals surface area (Å²) < 4.78 is 33.2. The summed E-state index contributed by atoms with van der Waals surface area (Å²) in [6, 6.07) is 19.9. The van der Waals surface area contributed by atoms with Gasteiger partial charge in [0.05, 0.1) is 4.34 Å². The van der Waals surface area contributed by atoms with Crippen molar-refractivity contribution in [2.24, 2.45) is 0 Å². The van der Waals surface area contributed by atoms with E-state index in [4.69, 9.17) is 16.3 Å². The second-order valence-electron chi connectivity index (χ2n) is 7.05. The zero-order valence-corrected chi connectivity index (χ0v) is 19.0. The second kappa shape index (κ2) is 9.40. The fraction of sp³-hybridized carbons (Fsp3) is 0.227. The van der Waals surface area contributed by atoms with Gasteiger partial charge in [-0.3, -0.25) is 4.79 Å². The lowest BCUT2D eigenvalue weighted by atomic mass is 10.1. The Balaban J connectivity index is 1.33. The van der Waals surface area contributed by atoms with Gasteiger partial charge in [-0.05, 0) is 42.0 Å². The number of carbonyl (C=O) groups excluding carboxylic acids is 1. The van der Waals surface area contributed by atoms with Crippen molar-refractivity contribution in [2.45, 2.75) is 10.8 Å². The maximum Gasteiger partial charge on any atom is 0.253 e. The van der Waals surface area contributed by atoms with Gasteiger partial charge in [-0.2, -0.15) is 4.31 Å². The standard InChI is InChI=1S/C22H21ClN2O4S2/c23-20-10-11-21(30-20)31(27,28)25-14-12-24(13-15-25)22(26)18-8-6-17(7-9-18)16-29-19-4-2-1-3-5-19/h1-11H,12-16H2. The molecule has 0 N–H and O–H groups in total. The van der Waals surface area contributed by atoms with Crippen LogP contribution < -0.4 is 4.74 Å². The van der Waals surface area contributed by atoms with Gasteiger partial charge in [-0.25, -0.2) is 8.42 Å². The first kappa shape index (κ1) is 21.8. The lowest BCUT2D eigenvalue weighted by Crippen LogP contribution is -2.50. The lowest BCUT2D eigenvalue weighted by molar-refractivity contribution is 0.0698. The summed E-state index contributed by atoms with van der Waals surface area (Å²) in [6.07, 6.45) is 0. The number of amides is 1. The molecule has 6 nitrogen and oxygen atoms in total. The second-order valence-corrected chi connectivity index (χ2v) is 10.9. The van der Waals surface area contributed by atoms with Crippen molar-refractivity contribution in [3.05, 3.63) is 82.2 Å². The number of carbonyl (C=O) groups is 1. The van der Waals surface area contributed by atoms with Gasteiger partial charge in [0.2, 0.25) is 0 Å². The van der Waals surface area contributed by atoms with Gasteiger partial charge in [0.25, 0.3) is 15.9 Å². The van der Waals surface area contributed by atoms with Crippen LogP contribution >= 0.6 is 22.9 Å². The molecular weight excluding hydrogens is 456 g/mol. The van der Waals surface area contributed by atoms with E-state index < -0.39 is 10.0 Å². The van der Waals surface area contributed by atoms with Crippen LogP contribution in [0.2, 0.25) is 4.34 Å². The van der Waals surface area contributed by atoms with Gasteiger partial charge < -0.3 is 9.64 Å². The van der Waals surface area contributed by atoms with Gasteiger partial charge >= 0.3 is 0 Å². The minimum Gasteiger partial charge on any atom is -0.489 e. The molecule has 0 spiro atoms. The Morgan fingerprint density at radius 3 is 2.23 bits per heavy atom. The molecular formula is C22H21ClN2O4S2. The first-order valence-electron chi connectivity index (χ1n) is 9.75. The van der Waals surface area contributed by atoms with E-state index in [0.717, 1.165) is 22.6 Å². The van der Waals surface area contributed by atoms with E-state index >= 15 is 0 Å². The number of sulfonamides is 1. The molecule has 1 saturated heterocycles. The number of hydrogen-bond donors (Lipinski definition) is 0. The lowest BCUT2D eigenvalue weighted by Gasteiger charge is -2.33. The number of para-hydroxylation sites is 1. The van der Waals surface area contributed by atoms with Crippen LogP contribution in [-0.2, 0) is 16.6 Å². The number of hydrogen-bond acceptors (Lipinski definition) is 5. The van der Waals surface area contributed by atoms with Crippen LogP contribution in [-0.4, -0.2) is 49.7 Å². The maximum atomic E-state index is 12.8. The molecule has 0 saturated carbocycles. The average Bonchev–Trinajstić information content (AvgIpc) is 3.25. The Morgan fingerprint density at radius 1 is 0.935 bits per heavy atom. The number of halogens is 1. The molecule has 0 aliphatic carbocycles. The molecule has 31 heavy (non-hydrogen) atoms. The van der Waals surface area contributed by atoms with Gasteiger partial charge in [0.15, 0.2) is 0 Å². The highest BCUT2D eigenvalue weighted by Crippen LogP contribution is 2.28. The fourth-order valence-corrected chi connectivity index (χ4v) is 6.36. The molecule has 1 fully saturated rings. The number of nitrogens with zero attached hydrogens (tertiary/aromatic N) is 2. The zero-order valence-electron chi connectivity index (χ0n) is 16.6. The highest BCUT2D eigenvalue weighted by molar-refractivity contribution is 7.91. The molecule has 0 unspecified atom stereocenters. The van der Waals surface area contributed by atoms with Gasteiger partial charge in [-0.15, -0.1) is 11.3 Å². The van der Waals surface area contributed by atoms with Gasteiger partial charge in [0.1, 0.15) is 16.6 Å². The third-order valence-corrected chi connectivity index (χ3v) is 8.62. The summed E-state index contributed by atoms with van der Waals surface area (Å²) in [6.45, 7) is 1.62. The summed E-state index contributed by atoms with van der Waals surface area (Å²) >= 11 is 6.92. The van der Waals surface area contributed by atoms with Crippen molar-refractivity contribution >= 4 is 38.9 Å². The number of thiophene rings is 1. The molecule has 0 bridgehead atoms. The van der Waals surface area contributed by atoms with Crippen molar-refractivity contribution in [3.63, 3.8) is 0 Å². The number of ether oxygens (including phenoxy) is 1. The van der Waals surface area contributed by atoms with E-state index in [0.29, 0.717) is 29.6 Å². The molecule has 0 radical (unpaired) electrons. The largest absolute Gasteiger partial charge is 0.489 e. The molecule has 2 aromatic carbocycles. The van der Waals surface area contributed by atoms with Crippen LogP contribution in [0.25, 0.3) is 0 Å². The molecule has 1 amide bonds. The normalized spacial score (nSPS) is 15.1. The molecule has 1 aromatic heterocycles. The molecule has 0 atom stereocenters. The van der Waals surface area contributed by atoms with E-state index in [1.807, 2.05) is 42.5 Å². The highest BCUT2D eigenvalue weighted by Gasteiger charge is 2.31. The van der Waals surface area contributed by atoms with Crippen molar-refractivity contribution in [1.82, 2.24) is 9.21 Å². The minimum absolute atomic E-state index is 0.105. The van der Waals surface area contributed by atoms with Crippen LogP contribution in [0, 0.1) is 0 Å². The molecule has 2 heterocycles. The summed E-state index contributed by atoms with van der Waals surface area (Å²) in [5.74, 6) is 0.687.